The third kappa shape index (κ3) is 1.71. The van der Waals surface area contributed by atoms with E-state index in [1.165, 1.54) is 6.20 Å². The van der Waals surface area contributed by atoms with Crippen molar-refractivity contribution in [3.8, 4) is 5.82 Å². The van der Waals surface area contributed by atoms with Gasteiger partial charge in [0.25, 0.3) is 0 Å². The van der Waals surface area contributed by atoms with Crippen LogP contribution in [0, 0.1) is 0 Å². The Morgan fingerprint density at radius 2 is 2.08 bits per heavy atom. The van der Waals surface area contributed by atoms with Crippen molar-refractivity contribution in [2.24, 2.45) is 0 Å². The molecule has 4 nitrogen and oxygen atoms in total. The van der Waals surface area contributed by atoms with Crippen LogP contribution in [0.25, 0.3) is 5.82 Å². The predicted molar refractivity (Wildman–Crippen MR) is 51.9 cm³/mol. The van der Waals surface area contributed by atoms with E-state index in [0.29, 0.717) is 11.0 Å². The summed E-state index contributed by atoms with van der Waals surface area (Å²) >= 11 is 9.10. The van der Waals surface area contributed by atoms with Crippen LogP contribution in [0.4, 0.5) is 0 Å². The smallest absolute Gasteiger partial charge is 0.191 e. The Balaban J connectivity index is 2.52. The molecule has 2 aromatic rings. The summed E-state index contributed by atoms with van der Waals surface area (Å²) in [7, 11) is 0. The number of nitrogens with zero attached hydrogens (tertiary/aromatic N) is 4. The zero-order valence-corrected chi connectivity index (χ0v) is 8.70. The Morgan fingerprint density at radius 1 is 1.31 bits per heavy atom. The van der Waals surface area contributed by atoms with Crippen LogP contribution in [-0.2, 0) is 0 Å². The second kappa shape index (κ2) is 3.43. The quantitative estimate of drug-likeness (QED) is 0.787. The van der Waals surface area contributed by atoms with Gasteiger partial charge in [-0.05, 0) is 15.9 Å². The largest absolute Gasteiger partial charge is 0.239 e. The zero-order chi connectivity index (χ0) is 9.26. The number of rotatable bonds is 1. The van der Waals surface area contributed by atoms with E-state index in [1.54, 1.807) is 23.3 Å². The first-order chi connectivity index (χ1) is 6.27. The van der Waals surface area contributed by atoms with Crippen molar-refractivity contribution >= 4 is 27.5 Å². The maximum absolute atomic E-state index is 5.82. The monoisotopic (exact) mass is 258 g/mol. The number of hydrogen-bond acceptors (Lipinski definition) is 3. The minimum Gasteiger partial charge on any atom is -0.239 e. The molecule has 0 N–H and O–H groups in total. The molecule has 2 rings (SSSR count). The van der Waals surface area contributed by atoms with Crippen molar-refractivity contribution in [2.45, 2.75) is 0 Å². The second-order valence-corrected chi connectivity index (χ2v) is 3.55. The molecular formula is C7H4BrClN4. The fraction of sp³-hybridized carbons (Fsp3) is 0. The first-order valence-corrected chi connectivity index (χ1v) is 4.61. The van der Waals surface area contributed by atoms with E-state index in [-0.39, 0.29) is 0 Å². The van der Waals surface area contributed by atoms with Gasteiger partial charge in [0.2, 0.25) is 0 Å². The molecule has 2 aromatic heterocycles. The van der Waals surface area contributed by atoms with Gasteiger partial charge in [0.05, 0.1) is 10.7 Å². The average Bonchev–Trinajstić information content (AvgIpc) is 2.53. The summed E-state index contributed by atoms with van der Waals surface area (Å²) in [4.78, 5) is 7.94. The van der Waals surface area contributed by atoms with E-state index in [4.69, 9.17) is 11.6 Å². The lowest BCUT2D eigenvalue weighted by Gasteiger charge is -1.99. The Labute approximate surface area is 87.7 Å². The highest BCUT2D eigenvalue weighted by atomic mass is 79.9. The summed E-state index contributed by atoms with van der Waals surface area (Å²) in [5.74, 6) is 0.523. The maximum Gasteiger partial charge on any atom is 0.191 e. The van der Waals surface area contributed by atoms with Crippen LogP contribution in [0.5, 0.6) is 0 Å². The standard InChI is InChI=1S/C7H4BrClN4/c8-5-3-12-13(4-5)7-6(9)10-1-2-11-7/h1-4H. The van der Waals surface area contributed by atoms with Gasteiger partial charge in [0, 0.05) is 18.6 Å². The van der Waals surface area contributed by atoms with Gasteiger partial charge in [-0.3, -0.25) is 0 Å². The highest BCUT2D eigenvalue weighted by Crippen LogP contribution is 2.15. The molecule has 2 heterocycles. The molecule has 0 radical (unpaired) electrons. The third-order valence-corrected chi connectivity index (χ3v) is 2.08. The van der Waals surface area contributed by atoms with Crippen LogP contribution in [0.1, 0.15) is 0 Å². The molecule has 0 aliphatic heterocycles. The lowest BCUT2D eigenvalue weighted by atomic mass is 10.6. The molecular weight excluding hydrogens is 255 g/mol. The molecule has 0 fully saturated rings. The topological polar surface area (TPSA) is 43.6 Å². The molecule has 0 amide bonds. The van der Waals surface area contributed by atoms with Crippen LogP contribution in [0.3, 0.4) is 0 Å². The Hall–Kier alpha value is -0.940. The Kier molecular flexibility index (Phi) is 2.28. The number of hydrogen-bond donors (Lipinski definition) is 0. The van der Waals surface area contributed by atoms with Crippen LogP contribution in [0.15, 0.2) is 29.3 Å². The van der Waals surface area contributed by atoms with E-state index in [1.807, 2.05) is 0 Å². The van der Waals surface area contributed by atoms with Crippen molar-refractivity contribution in [3.63, 3.8) is 0 Å². The Morgan fingerprint density at radius 3 is 2.69 bits per heavy atom. The van der Waals surface area contributed by atoms with E-state index in [9.17, 15) is 0 Å². The van der Waals surface area contributed by atoms with E-state index in [2.05, 4.69) is 31.0 Å². The molecule has 0 bridgehead atoms. The first-order valence-electron chi connectivity index (χ1n) is 3.44. The van der Waals surface area contributed by atoms with Gasteiger partial charge >= 0.3 is 0 Å². The van der Waals surface area contributed by atoms with Gasteiger partial charge in [-0.2, -0.15) is 5.10 Å². The summed E-state index contributed by atoms with van der Waals surface area (Å²) in [6.45, 7) is 0. The van der Waals surface area contributed by atoms with Gasteiger partial charge in [-0.1, -0.05) is 11.6 Å². The van der Waals surface area contributed by atoms with Crippen molar-refractivity contribution in [2.75, 3.05) is 0 Å². The molecule has 0 aliphatic carbocycles. The van der Waals surface area contributed by atoms with Crippen molar-refractivity contribution in [3.05, 3.63) is 34.4 Å². The van der Waals surface area contributed by atoms with Gasteiger partial charge in [0.15, 0.2) is 11.0 Å². The van der Waals surface area contributed by atoms with Crippen LogP contribution < -0.4 is 0 Å². The van der Waals surface area contributed by atoms with E-state index >= 15 is 0 Å². The normalized spacial score (nSPS) is 10.3. The summed E-state index contributed by atoms with van der Waals surface area (Å²) < 4.78 is 2.42. The number of aromatic nitrogens is 4. The summed E-state index contributed by atoms with van der Waals surface area (Å²) in [6, 6.07) is 0. The maximum atomic E-state index is 5.82. The lowest BCUT2D eigenvalue weighted by molar-refractivity contribution is 0.838. The van der Waals surface area contributed by atoms with Gasteiger partial charge < -0.3 is 0 Å². The molecule has 0 unspecified atom stereocenters. The molecule has 0 spiro atoms. The fourth-order valence-electron chi connectivity index (χ4n) is 0.884. The highest BCUT2D eigenvalue weighted by Gasteiger charge is 2.05. The molecule has 0 aromatic carbocycles. The van der Waals surface area contributed by atoms with Crippen molar-refractivity contribution in [1.82, 2.24) is 19.7 Å². The molecule has 13 heavy (non-hydrogen) atoms. The van der Waals surface area contributed by atoms with E-state index in [0.717, 1.165) is 4.47 Å². The minimum absolute atomic E-state index is 0.332. The summed E-state index contributed by atoms with van der Waals surface area (Å²) in [5, 5.41) is 4.36. The molecule has 0 saturated heterocycles. The SMILES string of the molecule is Clc1nccnc1-n1cc(Br)cn1. The first kappa shape index (κ1) is 8.65. The fourth-order valence-corrected chi connectivity index (χ4v) is 1.36. The minimum atomic E-state index is 0.332. The molecule has 0 saturated carbocycles. The van der Waals surface area contributed by atoms with Crippen LogP contribution in [0.2, 0.25) is 5.15 Å². The number of halogens is 2. The molecule has 0 atom stereocenters. The van der Waals surface area contributed by atoms with Crippen molar-refractivity contribution < 1.29 is 0 Å². The molecule has 66 valence electrons. The lowest BCUT2D eigenvalue weighted by Crippen LogP contribution is -1.99. The molecule has 6 heteroatoms. The average molecular weight is 259 g/mol. The Bertz CT molecular complexity index is 428. The molecule has 0 aliphatic rings. The van der Waals surface area contributed by atoms with Gasteiger partial charge in [-0.15, -0.1) is 0 Å². The summed E-state index contributed by atoms with van der Waals surface area (Å²) in [6.07, 6.45) is 6.52. The van der Waals surface area contributed by atoms with Crippen LogP contribution >= 0.6 is 27.5 Å². The second-order valence-electron chi connectivity index (χ2n) is 2.27. The third-order valence-electron chi connectivity index (χ3n) is 1.40. The zero-order valence-electron chi connectivity index (χ0n) is 6.35. The van der Waals surface area contributed by atoms with Gasteiger partial charge in [0.1, 0.15) is 0 Å². The predicted octanol–water partition coefficient (Wildman–Crippen LogP) is 2.08. The summed E-state index contributed by atoms with van der Waals surface area (Å²) in [5.41, 5.74) is 0. The van der Waals surface area contributed by atoms with Crippen LogP contribution in [-0.4, -0.2) is 19.7 Å². The van der Waals surface area contributed by atoms with Crippen molar-refractivity contribution in [1.29, 1.82) is 0 Å². The van der Waals surface area contributed by atoms with E-state index < -0.39 is 0 Å². The highest BCUT2D eigenvalue weighted by molar-refractivity contribution is 9.10. The van der Waals surface area contributed by atoms with Gasteiger partial charge in [-0.25, -0.2) is 14.6 Å².